The first kappa shape index (κ1) is 21.8. The van der Waals surface area contributed by atoms with Crippen LogP contribution in [0.1, 0.15) is 37.0 Å². The van der Waals surface area contributed by atoms with Crippen molar-refractivity contribution in [1.82, 2.24) is 0 Å². The van der Waals surface area contributed by atoms with Crippen LogP contribution in [0.15, 0.2) is 48.5 Å². The standard InChI is InChI=1S/C24H26N2O6/c1-24(2)23(29)25-19-7-3-4-8-20(19)26(24)21(27)15-32-22(28)16-9-11-17(12-10-16)31-14-18-6-5-13-30-18/h3-4,7-12,18H,5-6,13-15H2,1-2H3,(H,25,29)/t18-/m0/s1. The molecule has 8 heteroatoms. The first-order chi connectivity index (χ1) is 15.4. The lowest BCUT2D eigenvalue weighted by atomic mass is 9.96. The summed E-state index contributed by atoms with van der Waals surface area (Å²) in [6.45, 7) is 4.04. The molecule has 1 saturated heterocycles. The number of amides is 2. The maximum Gasteiger partial charge on any atom is 0.338 e. The number of para-hydroxylation sites is 2. The van der Waals surface area contributed by atoms with Crippen molar-refractivity contribution in [2.45, 2.75) is 38.3 Å². The molecule has 2 aliphatic heterocycles. The summed E-state index contributed by atoms with van der Waals surface area (Å²) in [7, 11) is 0. The Morgan fingerprint density at radius 2 is 1.91 bits per heavy atom. The third-order valence-electron chi connectivity index (χ3n) is 5.63. The number of anilines is 2. The van der Waals surface area contributed by atoms with Gasteiger partial charge in [0.1, 0.15) is 17.9 Å². The van der Waals surface area contributed by atoms with Crippen molar-refractivity contribution in [1.29, 1.82) is 0 Å². The molecule has 0 aliphatic carbocycles. The van der Waals surface area contributed by atoms with Gasteiger partial charge in [-0.15, -0.1) is 0 Å². The highest BCUT2D eigenvalue weighted by Crippen LogP contribution is 2.36. The quantitative estimate of drug-likeness (QED) is 0.697. The van der Waals surface area contributed by atoms with Crippen LogP contribution in [0.4, 0.5) is 11.4 Å². The van der Waals surface area contributed by atoms with Crippen LogP contribution in [0, 0.1) is 0 Å². The number of hydrogen-bond donors (Lipinski definition) is 1. The molecule has 2 aromatic rings. The average molecular weight is 438 g/mol. The SMILES string of the molecule is CC1(C)C(=O)Nc2ccccc2N1C(=O)COC(=O)c1ccc(OC[C@@H]2CCCO2)cc1. The topological polar surface area (TPSA) is 94.2 Å². The van der Waals surface area contributed by atoms with Crippen LogP contribution in [-0.2, 0) is 19.1 Å². The molecule has 1 atom stereocenters. The van der Waals surface area contributed by atoms with E-state index >= 15 is 0 Å². The molecule has 4 rings (SSSR count). The molecule has 0 saturated carbocycles. The van der Waals surface area contributed by atoms with Gasteiger partial charge in [0, 0.05) is 6.61 Å². The Hall–Kier alpha value is -3.39. The Morgan fingerprint density at radius 1 is 1.16 bits per heavy atom. The zero-order valence-electron chi connectivity index (χ0n) is 18.1. The second-order valence-corrected chi connectivity index (χ2v) is 8.31. The van der Waals surface area contributed by atoms with Crippen molar-refractivity contribution in [2.24, 2.45) is 0 Å². The molecule has 0 radical (unpaired) electrons. The third-order valence-corrected chi connectivity index (χ3v) is 5.63. The minimum absolute atomic E-state index is 0.108. The van der Waals surface area contributed by atoms with Gasteiger partial charge in [-0.25, -0.2) is 4.79 Å². The zero-order valence-corrected chi connectivity index (χ0v) is 18.1. The van der Waals surface area contributed by atoms with E-state index in [9.17, 15) is 14.4 Å². The van der Waals surface area contributed by atoms with Gasteiger partial charge in [0.2, 0.25) is 5.91 Å². The molecule has 2 amide bonds. The van der Waals surface area contributed by atoms with Crippen molar-refractivity contribution in [3.8, 4) is 5.75 Å². The number of carbonyl (C=O) groups excluding carboxylic acids is 3. The highest BCUT2D eigenvalue weighted by atomic mass is 16.5. The number of esters is 1. The summed E-state index contributed by atoms with van der Waals surface area (Å²) in [5.74, 6) is -0.793. The van der Waals surface area contributed by atoms with Crippen molar-refractivity contribution in [3.05, 3.63) is 54.1 Å². The molecule has 168 valence electrons. The molecule has 1 fully saturated rings. The smallest absolute Gasteiger partial charge is 0.338 e. The monoisotopic (exact) mass is 438 g/mol. The van der Waals surface area contributed by atoms with Gasteiger partial charge >= 0.3 is 5.97 Å². The third kappa shape index (κ3) is 4.45. The number of nitrogens with one attached hydrogen (secondary N) is 1. The van der Waals surface area contributed by atoms with Crippen molar-refractivity contribution in [3.63, 3.8) is 0 Å². The number of nitrogens with zero attached hydrogens (tertiary/aromatic N) is 1. The van der Waals surface area contributed by atoms with Gasteiger partial charge in [0.15, 0.2) is 6.61 Å². The largest absolute Gasteiger partial charge is 0.491 e. The maximum absolute atomic E-state index is 13.0. The van der Waals surface area contributed by atoms with Gasteiger partial charge in [-0.05, 0) is 63.1 Å². The molecule has 32 heavy (non-hydrogen) atoms. The molecule has 2 heterocycles. The van der Waals surface area contributed by atoms with Gasteiger partial charge in [-0.1, -0.05) is 12.1 Å². The number of carbonyl (C=O) groups is 3. The molecule has 0 spiro atoms. The molecular weight excluding hydrogens is 412 g/mol. The lowest BCUT2D eigenvalue weighted by Gasteiger charge is -2.41. The number of ether oxygens (including phenoxy) is 3. The van der Waals surface area contributed by atoms with Crippen molar-refractivity contribution < 1.29 is 28.6 Å². The van der Waals surface area contributed by atoms with Gasteiger partial charge in [-0.3, -0.25) is 14.5 Å². The summed E-state index contributed by atoms with van der Waals surface area (Å²) >= 11 is 0. The van der Waals surface area contributed by atoms with Crippen LogP contribution in [0.3, 0.4) is 0 Å². The first-order valence-electron chi connectivity index (χ1n) is 10.6. The van der Waals surface area contributed by atoms with Crippen LogP contribution < -0.4 is 15.0 Å². The van der Waals surface area contributed by atoms with Gasteiger partial charge in [-0.2, -0.15) is 0 Å². The lowest BCUT2D eigenvalue weighted by Crippen LogP contribution is -2.59. The Morgan fingerprint density at radius 3 is 2.62 bits per heavy atom. The Kier molecular flexibility index (Phi) is 6.14. The fraction of sp³-hybridized carbons (Fsp3) is 0.375. The molecule has 0 aromatic heterocycles. The molecule has 2 aromatic carbocycles. The number of fused-ring (bicyclic) bond motifs is 1. The van der Waals surface area contributed by atoms with E-state index in [0.717, 1.165) is 19.4 Å². The average Bonchev–Trinajstić information content (AvgIpc) is 3.30. The van der Waals surface area contributed by atoms with Crippen LogP contribution in [0.25, 0.3) is 0 Å². The molecule has 1 N–H and O–H groups in total. The summed E-state index contributed by atoms with van der Waals surface area (Å²) in [5, 5.41) is 2.80. The normalized spacial score (nSPS) is 19.1. The van der Waals surface area contributed by atoms with Gasteiger partial charge < -0.3 is 19.5 Å². The van der Waals surface area contributed by atoms with E-state index in [1.54, 1.807) is 62.4 Å². The Labute approximate surface area is 186 Å². The minimum atomic E-state index is -1.13. The van der Waals surface area contributed by atoms with Crippen LogP contribution in [0.2, 0.25) is 0 Å². The summed E-state index contributed by atoms with van der Waals surface area (Å²) in [6.07, 6.45) is 2.14. The van der Waals surface area contributed by atoms with Crippen LogP contribution >= 0.6 is 0 Å². The summed E-state index contributed by atoms with van der Waals surface area (Å²) in [5.41, 5.74) is 0.277. The van der Waals surface area contributed by atoms with E-state index in [4.69, 9.17) is 14.2 Å². The molecule has 2 aliphatic rings. The van der Waals surface area contributed by atoms with Gasteiger partial charge in [0.05, 0.1) is 23.0 Å². The summed E-state index contributed by atoms with van der Waals surface area (Å²) in [6, 6.07) is 13.6. The van der Waals surface area contributed by atoms with E-state index in [2.05, 4.69) is 5.32 Å². The number of rotatable bonds is 6. The van der Waals surface area contributed by atoms with Crippen molar-refractivity contribution in [2.75, 3.05) is 30.0 Å². The number of hydrogen-bond acceptors (Lipinski definition) is 6. The van der Waals surface area contributed by atoms with Crippen LogP contribution in [-0.4, -0.2) is 49.2 Å². The lowest BCUT2D eigenvalue weighted by molar-refractivity contribution is -0.128. The van der Waals surface area contributed by atoms with Gasteiger partial charge in [0.25, 0.3) is 5.91 Å². The summed E-state index contributed by atoms with van der Waals surface area (Å²) in [4.78, 5) is 39.3. The predicted octanol–water partition coefficient (Wildman–Crippen LogP) is 3.17. The van der Waals surface area contributed by atoms with Crippen LogP contribution in [0.5, 0.6) is 5.75 Å². The Balaban J connectivity index is 1.37. The first-order valence-corrected chi connectivity index (χ1v) is 10.6. The van der Waals surface area contributed by atoms with Crippen molar-refractivity contribution >= 4 is 29.2 Å². The summed E-state index contributed by atoms with van der Waals surface area (Å²) < 4.78 is 16.5. The number of benzene rings is 2. The fourth-order valence-electron chi connectivity index (χ4n) is 3.83. The molecule has 8 nitrogen and oxygen atoms in total. The van der Waals surface area contributed by atoms with E-state index < -0.39 is 24.0 Å². The highest BCUT2D eigenvalue weighted by molar-refractivity contribution is 6.14. The maximum atomic E-state index is 13.0. The fourth-order valence-corrected chi connectivity index (χ4v) is 3.83. The minimum Gasteiger partial charge on any atom is -0.491 e. The predicted molar refractivity (Wildman–Crippen MR) is 118 cm³/mol. The van der Waals surface area contributed by atoms with E-state index in [-0.39, 0.29) is 12.0 Å². The molecular formula is C24H26N2O6. The second-order valence-electron chi connectivity index (χ2n) is 8.31. The molecule has 0 unspecified atom stereocenters. The van der Waals surface area contributed by atoms with E-state index in [0.29, 0.717) is 29.3 Å². The molecule has 0 bridgehead atoms. The van der Waals surface area contributed by atoms with E-state index in [1.807, 2.05) is 0 Å². The zero-order chi connectivity index (χ0) is 22.7. The van der Waals surface area contributed by atoms with E-state index in [1.165, 1.54) is 4.90 Å². The highest BCUT2D eigenvalue weighted by Gasteiger charge is 2.43. The Bertz CT molecular complexity index is 1010. The second kappa shape index (κ2) is 9.00.